The van der Waals surface area contributed by atoms with Crippen molar-refractivity contribution in [2.45, 2.75) is 38.8 Å². The van der Waals surface area contributed by atoms with Crippen molar-refractivity contribution < 1.29 is 4.74 Å². The first-order valence-electron chi connectivity index (χ1n) is 5.27. The Labute approximate surface area is 104 Å². The molecule has 1 aromatic heterocycles. The van der Waals surface area contributed by atoms with Crippen molar-refractivity contribution in [3.63, 3.8) is 0 Å². The van der Waals surface area contributed by atoms with Gasteiger partial charge in [-0.25, -0.2) is 0 Å². The lowest BCUT2D eigenvalue weighted by atomic mass is 10.1. The van der Waals surface area contributed by atoms with Gasteiger partial charge < -0.3 is 10.5 Å². The third kappa shape index (κ3) is 4.23. The molecule has 0 aromatic carbocycles. The Balaban J connectivity index is 2.58. The van der Waals surface area contributed by atoms with Crippen molar-refractivity contribution in [2.75, 3.05) is 6.61 Å². The molecule has 0 bridgehead atoms. The van der Waals surface area contributed by atoms with E-state index < -0.39 is 0 Å². The lowest BCUT2D eigenvalue weighted by Gasteiger charge is -2.20. The summed E-state index contributed by atoms with van der Waals surface area (Å²) in [5.41, 5.74) is 5.93. The fraction of sp³-hybridized carbons (Fsp3) is 0.636. The summed E-state index contributed by atoms with van der Waals surface area (Å²) in [5.74, 6) is 0. The zero-order valence-corrected chi connectivity index (χ0v) is 11.6. The van der Waals surface area contributed by atoms with Gasteiger partial charge in [0, 0.05) is 17.5 Å². The second-order valence-corrected chi connectivity index (χ2v) is 6.14. The van der Waals surface area contributed by atoms with E-state index in [1.54, 1.807) is 11.3 Å². The smallest absolute Gasteiger partial charge is 0.106 e. The standard InChI is InChI=1S/C11H18BrNOS/c1-3-4-7-14-11(8(2)13)9-5-6-10(12)15-9/h5-6,8,11H,3-4,7,13H2,1-2H3. The fourth-order valence-corrected chi connectivity index (χ4v) is 2.92. The molecule has 0 spiro atoms. The molecule has 2 nitrogen and oxygen atoms in total. The Kier molecular flexibility index (Phi) is 5.82. The summed E-state index contributed by atoms with van der Waals surface area (Å²) in [6, 6.07) is 4.15. The monoisotopic (exact) mass is 291 g/mol. The van der Waals surface area contributed by atoms with Gasteiger partial charge in [0.1, 0.15) is 6.10 Å². The van der Waals surface area contributed by atoms with Crippen LogP contribution in [0.15, 0.2) is 15.9 Å². The molecular formula is C11H18BrNOS. The van der Waals surface area contributed by atoms with Gasteiger partial charge in [0.05, 0.1) is 3.79 Å². The van der Waals surface area contributed by atoms with E-state index in [0.29, 0.717) is 0 Å². The molecule has 1 heterocycles. The minimum absolute atomic E-state index is 0.0346. The van der Waals surface area contributed by atoms with Crippen LogP contribution in [-0.4, -0.2) is 12.6 Å². The number of hydrogen-bond acceptors (Lipinski definition) is 3. The molecule has 86 valence electrons. The summed E-state index contributed by atoms with van der Waals surface area (Å²) in [4.78, 5) is 1.20. The summed E-state index contributed by atoms with van der Waals surface area (Å²) < 4.78 is 6.93. The van der Waals surface area contributed by atoms with Crippen molar-refractivity contribution in [3.05, 3.63) is 20.8 Å². The molecule has 1 rings (SSSR count). The summed E-state index contributed by atoms with van der Waals surface area (Å²) in [6.07, 6.45) is 2.28. The largest absolute Gasteiger partial charge is 0.371 e. The zero-order chi connectivity index (χ0) is 11.3. The zero-order valence-electron chi connectivity index (χ0n) is 9.20. The maximum Gasteiger partial charge on any atom is 0.106 e. The maximum absolute atomic E-state index is 5.93. The van der Waals surface area contributed by atoms with Crippen LogP contribution in [-0.2, 0) is 4.74 Å². The summed E-state index contributed by atoms with van der Waals surface area (Å²) in [5, 5.41) is 0. The Bertz CT molecular complexity index is 288. The topological polar surface area (TPSA) is 35.2 Å². The normalized spacial score (nSPS) is 15.2. The molecule has 0 radical (unpaired) electrons. The Morgan fingerprint density at radius 2 is 2.27 bits per heavy atom. The van der Waals surface area contributed by atoms with E-state index in [0.717, 1.165) is 23.2 Å². The number of hydrogen-bond donors (Lipinski definition) is 1. The molecule has 2 unspecified atom stereocenters. The predicted molar refractivity (Wildman–Crippen MR) is 69.3 cm³/mol. The van der Waals surface area contributed by atoms with E-state index >= 15 is 0 Å². The van der Waals surface area contributed by atoms with E-state index in [-0.39, 0.29) is 12.1 Å². The molecule has 0 aliphatic heterocycles. The van der Waals surface area contributed by atoms with E-state index in [2.05, 4.69) is 28.9 Å². The molecule has 1 aromatic rings. The third-order valence-electron chi connectivity index (χ3n) is 2.15. The first kappa shape index (κ1) is 13.2. The third-order valence-corrected chi connectivity index (χ3v) is 3.83. The van der Waals surface area contributed by atoms with Gasteiger partial charge in [-0.05, 0) is 41.4 Å². The molecule has 0 saturated heterocycles. The van der Waals surface area contributed by atoms with Crippen LogP contribution in [0.1, 0.15) is 37.7 Å². The molecule has 4 heteroatoms. The Morgan fingerprint density at radius 1 is 1.53 bits per heavy atom. The van der Waals surface area contributed by atoms with E-state index in [9.17, 15) is 0 Å². The van der Waals surface area contributed by atoms with Crippen LogP contribution in [0.5, 0.6) is 0 Å². The minimum atomic E-state index is 0.0346. The summed E-state index contributed by atoms with van der Waals surface area (Å²) in [6.45, 7) is 4.94. The van der Waals surface area contributed by atoms with Crippen LogP contribution in [0, 0.1) is 0 Å². The van der Waals surface area contributed by atoms with Crippen LogP contribution in [0.4, 0.5) is 0 Å². The fourth-order valence-electron chi connectivity index (χ4n) is 1.33. The number of thiophene rings is 1. The average Bonchev–Trinajstić information content (AvgIpc) is 2.59. The molecule has 0 aliphatic carbocycles. The quantitative estimate of drug-likeness (QED) is 0.811. The maximum atomic E-state index is 5.93. The van der Waals surface area contributed by atoms with Gasteiger partial charge in [0.15, 0.2) is 0 Å². The highest BCUT2D eigenvalue weighted by molar-refractivity contribution is 9.11. The average molecular weight is 292 g/mol. The van der Waals surface area contributed by atoms with Crippen LogP contribution < -0.4 is 5.73 Å². The lowest BCUT2D eigenvalue weighted by Crippen LogP contribution is -2.26. The van der Waals surface area contributed by atoms with Gasteiger partial charge in [-0.1, -0.05) is 13.3 Å². The SMILES string of the molecule is CCCCOC(c1ccc(Br)s1)C(C)N. The Morgan fingerprint density at radius 3 is 2.73 bits per heavy atom. The van der Waals surface area contributed by atoms with Crippen LogP contribution in [0.2, 0.25) is 0 Å². The van der Waals surface area contributed by atoms with Gasteiger partial charge in [0.2, 0.25) is 0 Å². The first-order valence-corrected chi connectivity index (χ1v) is 6.88. The molecule has 0 amide bonds. The highest BCUT2D eigenvalue weighted by Crippen LogP contribution is 2.30. The molecule has 15 heavy (non-hydrogen) atoms. The van der Waals surface area contributed by atoms with Gasteiger partial charge in [0.25, 0.3) is 0 Å². The van der Waals surface area contributed by atoms with Crippen LogP contribution in [0.25, 0.3) is 0 Å². The van der Waals surface area contributed by atoms with Crippen molar-refractivity contribution in [1.82, 2.24) is 0 Å². The van der Waals surface area contributed by atoms with E-state index in [4.69, 9.17) is 10.5 Å². The van der Waals surface area contributed by atoms with Crippen molar-refractivity contribution >= 4 is 27.3 Å². The van der Waals surface area contributed by atoms with Crippen LogP contribution in [0.3, 0.4) is 0 Å². The number of ether oxygens (including phenoxy) is 1. The lowest BCUT2D eigenvalue weighted by molar-refractivity contribution is 0.0390. The molecule has 2 N–H and O–H groups in total. The van der Waals surface area contributed by atoms with E-state index in [1.165, 1.54) is 4.88 Å². The van der Waals surface area contributed by atoms with Gasteiger partial charge >= 0.3 is 0 Å². The predicted octanol–water partition coefficient (Wildman–Crippen LogP) is 3.72. The summed E-state index contributed by atoms with van der Waals surface area (Å²) >= 11 is 5.15. The minimum Gasteiger partial charge on any atom is -0.371 e. The molecule has 2 atom stereocenters. The second kappa shape index (κ2) is 6.63. The Hall–Kier alpha value is 0.1000. The van der Waals surface area contributed by atoms with Crippen molar-refractivity contribution in [2.24, 2.45) is 5.73 Å². The van der Waals surface area contributed by atoms with Gasteiger partial charge in [-0.2, -0.15) is 0 Å². The number of halogens is 1. The number of rotatable bonds is 6. The first-order chi connectivity index (χ1) is 7.15. The summed E-state index contributed by atoms with van der Waals surface area (Å²) in [7, 11) is 0. The number of nitrogens with two attached hydrogens (primary N) is 1. The molecule has 0 saturated carbocycles. The van der Waals surface area contributed by atoms with Gasteiger partial charge in [-0.15, -0.1) is 11.3 Å². The highest BCUT2D eigenvalue weighted by Gasteiger charge is 2.18. The van der Waals surface area contributed by atoms with Gasteiger partial charge in [-0.3, -0.25) is 0 Å². The molecule has 0 aliphatic rings. The van der Waals surface area contributed by atoms with Crippen molar-refractivity contribution in [3.8, 4) is 0 Å². The highest BCUT2D eigenvalue weighted by atomic mass is 79.9. The molecular weight excluding hydrogens is 274 g/mol. The number of unbranched alkanes of at least 4 members (excludes halogenated alkanes) is 1. The second-order valence-electron chi connectivity index (χ2n) is 3.65. The van der Waals surface area contributed by atoms with Crippen LogP contribution >= 0.6 is 27.3 Å². The van der Waals surface area contributed by atoms with E-state index in [1.807, 2.05) is 13.0 Å². The molecule has 0 fully saturated rings. The van der Waals surface area contributed by atoms with Crippen molar-refractivity contribution in [1.29, 1.82) is 0 Å².